The third kappa shape index (κ3) is 3.77. The summed E-state index contributed by atoms with van der Waals surface area (Å²) in [5.41, 5.74) is 3.51. The molecule has 0 radical (unpaired) electrons. The van der Waals surface area contributed by atoms with Crippen molar-refractivity contribution in [1.29, 1.82) is 0 Å². The highest BCUT2D eigenvalue weighted by Crippen LogP contribution is 2.30. The second kappa shape index (κ2) is 7.78. The molecule has 1 aliphatic heterocycles. The Hall–Kier alpha value is -4.01. The number of fused-ring (bicyclic) bond motifs is 1. The lowest BCUT2D eigenvalue weighted by atomic mass is 10.0. The first-order valence-electron chi connectivity index (χ1n) is 9.44. The topological polar surface area (TPSA) is 110 Å². The van der Waals surface area contributed by atoms with Crippen molar-refractivity contribution >= 4 is 28.9 Å². The highest BCUT2D eigenvalue weighted by molar-refractivity contribution is 6.04. The van der Waals surface area contributed by atoms with Crippen LogP contribution in [0.3, 0.4) is 0 Å². The second-order valence-electron chi connectivity index (χ2n) is 7.02. The number of nitro benzene ring substituents is 1. The lowest BCUT2D eigenvalue weighted by molar-refractivity contribution is -0.384. The zero-order valence-electron chi connectivity index (χ0n) is 16.2. The van der Waals surface area contributed by atoms with Crippen molar-refractivity contribution in [2.75, 3.05) is 16.8 Å². The van der Waals surface area contributed by atoms with Gasteiger partial charge in [0.2, 0.25) is 5.91 Å². The summed E-state index contributed by atoms with van der Waals surface area (Å²) in [6, 6.07) is 11.4. The summed E-state index contributed by atoms with van der Waals surface area (Å²) in [4.78, 5) is 36.5. The fraction of sp³-hybridized carbons (Fsp3) is 0.190. The Labute approximate surface area is 172 Å². The van der Waals surface area contributed by atoms with E-state index in [0.717, 1.165) is 24.1 Å². The minimum absolute atomic E-state index is 0.00592. The molecule has 152 valence electrons. The molecular weight excluding hydrogens is 386 g/mol. The van der Waals surface area contributed by atoms with E-state index < -0.39 is 4.92 Å². The lowest BCUT2D eigenvalue weighted by Crippen LogP contribution is -2.33. The van der Waals surface area contributed by atoms with Gasteiger partial charge < -0.3 is 10.2 Å². The van der Waals surface area contributed by atoms with Crippen molar-refractivity contribution in [1.82, 2.24) is 9.78 Å². The number of carbonyl (C=O) groups excluding carboxylic acids is 2. The monoisotopic (exact) mass is 405 g/mol. The van der Waals surface area contributed by atoms with Gasteiger partial charge in [0.05, 0.1) is 22.4 Å². The van der Waals surface area contributed by atoms with E-state index in [1.54, 1.807) is 36.2 Å². The third-order valence-electron chi connectivity index (χ3n) is 5.01. The average molecular weight is 405 g/mol. The van der Waals surface area contributed by atoms with Crippen LogP contribution in [-0.2, 0) is 11.2 Å². The predicted octanol–water partition coefficient (Wildman–Crippen LogP) is 3.33. The van der Waals surface area contributed by atoms with Crippen LogP contribution >= 0.6 is 0 Å². The molecule has 2 amide bonds. The minimum Gasteiger partial charge on any atom is -0.322 e. The molecule has 30 heavy (non-hydrogen) atoms. The number of carbonyl (C=O) groups is 2. The molecule has 9 nitrogen and oxygen atoms in total. The van der Waals surface area contributed by atoms with Crippen LogP contribution in [0, 0.1) is 10.1 Å². The average Bonchev–Trinajstić information content (AvgIpc) is 3.23. The van der Waals surface area contributed by atoms with Crippen LogP contribution in [0.25, 0.3) is 5.69 Å². The summed E-state index contributed by atoms with van der Waals surface area (Å²) in [5.74, 6) is -0.311. The molecule has 0 spiro atoms. The zero-order chi connectivity index (χ0) is 21.3. The normalized spacial score (nSPS) is 12.9. The van der Waals surface area contributed by atoms with Crippen molar-refractivity contribution in [2.24, 2.45) is 0 Å². The van der Waals surface area contributed by atoms with Crippen LogP contribution in [0.5, 0.6) is 0 Å². The molecule has 2 aromatic carbocycles. The Bertz CT molecular complexity index is 1140. The van der Waals surface area contributed by atoms with Gasteiger partial charge in [-0.3, -0.25) is 19.7 Å². The molecule has 0 bridgehead atoms. The number of nitro groups is 1. The summed E-state index contributed by atoms with van der Waals surface area (Å²) in [6.07, 6.45) is 4.73. The third-order valence-corrected chi connectivity index (χ3v) is 5.01. The van der Waals surface area contributed by atoms with E-state index in [0.29, 0.717) is 23.5 Å². The van der Waals surface area contributed by atoms with E-state index in [2.05, 4.69) is 10.4 Å². The summed E-state index contributed by atoms with van der Waals surface area (Å²) < 4.78 is 1.48. The molecule has 1 aliphatic rings. The maximum Gasteiger partial charge on any atom is 0.269 e. The molecule has 9 heteroatoms. The van der Waals surface area contributed by atoms with E-state index in [9.17, 15) is 19.7 Å². The van der Waals surface area contributed by atoms with Crippen molar-refractivity contribution < 1.29 is 14.5 Å². The molecule has 2 heterocycles. The minimum atomic E-state index is -0.472. The first-order chi connectivity index (χ1) is 14.4. The van der Waals surface area contributed by atoms with Crippen molar-refractivity contribution in [3.63, 3.8) is 0 Å². The lowest BCUT2D eigenvalue weighted by Gasteiger charge is -2.28. The standard InChI is InChI=1S/C21H19N5O4/c1-14(27)24-10-2-3-15-11-17(4-9-20(15)24)23-21(28)16-12-22-25(13-16)18-5-7-19(8-6-18)26(29)30/h4-9,11-13H,2-3,10H2,1H3,(H,23,28). The molecule has 3 aromatic rings. The van der Waals surface area contributed by atoms with Gasteiger partial charge in [-0.25, -0.2) is 4.68 Å². The first-order valence-corrected chi connectivity index (χ1v) is 9.44. The molecule has 0 saturated heterocycles. The van der Waals surface area contributed by atoms with Crippen molar-refractivity contribution in [3.8, 4) is 5.69 Å². The summed E-state index contributed by atoms with van der Waals surface area (Å²) in [6.45, 7) is 2.25. The Morgan fingerprint density at radius 1 is 1.17 bits per heavy atom. The quantitative estimate of drug-likeness (QED) is 0.529. The fourth-order valence-electron chi connectivity index (χ4n) is 3.51. The maximum absolute atomic E-state index is 12.6. The smallest absolute Gasteiger partial charge is 0.269 e. The Kier molecular flexibility index (Phi) is 5.01. The number of nitrogens with zero attached hydrogens (tertiary/aromatic N) is 4. The maximum atomic E-state index is 12.6. The number of hydrogen-bond acceptors (Lipinski definition) is 5. The molecule has 4 rings (SSSR count). The number of non-ortho nitro benzene ring substituents is 1. The van der Waals surface area contributed by atoms with Crippen LogP contribution in [0.2, 0.25) is 0 Å². The van der Waals surface area contributed by atoms with Crippen molar-refractivity contribution in [3.05, 3.63) is 76.1 Å². The van der Waals surface area contributed by atoms with E-state index in [-0.39, 0.29) is 17.5 Å². The predicted molar refractivity (Wildman–Crippen MR) is 111 cm³/mol. The van der Waals surface area contributed by atoms with Crippen LogP contribution < -0.4 is 10.2 Å². The van der Waals surface area contributed by atoms with Crippen molar-refractivity contribution in [2.45, 2.75) is 19.8 Å². The van der Waals surface area contributed by atoms with E-state index in [1.165, 1.54) is 23.0 Å². The Morgan fingerprint density at radius 2 is 1.93 bits per heavy atom. The van der Waals surface area contributed by atoms with Crippen LogP contribution in [0.1, 0.15) is 29.3 Å². The number of hydrogen-bond donors (Lipinski definition) is 1. The molecule has 0 aliphatic carbocycles. The number of amides is 2. The van der Waals surface area contributed by atoms with Crippen LogP contribution in [0.15, 0.2) is 54.9 Å². The first kappa shape index (κ1) is 19.3. The van der Waals surface area contributed by atoms with Crippen LogP contribution in [-0.4, -0.2) is 33.1 Å². The van der Waals surface area contributed by atoms with Gasteiger partial charge in [-0.1, -0.05) is 0 Å². The second-order valence-corrected chi connectivity index (χ2v) is 7.02. The summed E-state index contributed by atoms with van der Waals surface area (Å²) in [7, 11) is 0. The molecule has 1 aromatic heterocycles. The number of anilines is 2. The molecule has 0 fully saturated rings. The van der Waals surface area contributed by atoms with E-state index in [1.807, 2.05) is 12.1 Å². The zero-order valence-corrected chi connectivity index (χ0v) is 16.2. The van der Waals surface area contributed by atoms with Gasteiger partial charge in [0.15, 0.2) is 0 Å². The molecule has 0 unspecified atom stereocenters. The Morgan fingerprint density at radius 3 is 2.63 bits per heavy atom. The van der Waals surface area contributed by atoms with Gasteiger partial charge in [-0.15, -0.1) is 0 Å². The number of aryl methyl sites for hydroxylation is 1. The summed E-state index contributed by atoms with van der Waals surface area (Å²) >= 11 is 0. The number of benzene rings is 2. The molecule has 1 N–H and O–H groups in total. The number of rotatable bonds is 4. The number of nitrogens with one attached hydrogen (secondary N) is 1. The molecular formula is C21H19N5O4. The van der Waals surface area contributed by atoms with Gasteiger partial charge >= 0.3 is 0 Å². The Balaban J connectivity index is 1.50. The summed E-state index contributed by atoms with van der Waals surface area (Å²) in [5, 5.41) is 17.8. The fourth-order valence-corrected chi connectivity index (χ4v) is 3.51. The van der Waals surface area contributed by atoms with E-state index in [4.69, 9.17) is 0 Å². The van der Waals surface area contributed by atoms with Gasteiger partial charge in [0, 0.05) is 43.2 Å². The van der Waals surface area contributed by atoms with Gasteiger partial charge in [-0.05, 0) is 48.7 Å². The van der Waals surface area contributed by atoms with Gasteiger partial charge in [-0.2, -0.15) is 5.10 Å². The highest BCUT2D eigenvalue weighted by Gasteiger charge is 2.20. The molecule has 0 atom stereocenters. The molecule has 0 saturated carbocycles. The largest absolute Gasteiger partial charge is 0.322 e. The van der Waals surface area contributed by atoms with E-state index >= 15 is 0 Å². The van der Waals surface area contributed by atoms with Gasteiger partial charge in [0.25, 0.3) is 11.6 Å². The van der Waals surface area contributed by atoms with Crippen LogP contribution in [0.4, 0.5) is 17.1 Å². The highest BCUT2D eigenvalue weighted by atomic mass is 16.6. The van der Waals surface area contributed by atoms with Gasteiger partial charge in [0.1, 0.15) is 0 Å². The SMILES string of the molecule is CC(=O)N1CCCc2cc(NC(=O)c3cnn(-c4ccc([N+](=O)[O-])cc4)c3)ccc21. The number of aromatic nitrogens is 2.